The third kappa shape index (κ3) is 3.81. The van der Waals surface area contributed by atoms with E-state index >= 15 is 0 Å². The van der Waals surface area contributed by atoms with Crippen LogP contribution < -0.4 is 5.32 Å². The molecule has 0 aliphatic carbocycles. The van der Waals surface area contributed by atoms with Crippen molar-refractivity contribution in [1.82, 2.24) is 15.3 Å². The molecule has 78 valence electrons. The fraction of sp³-hybridized carbons (Fsp3) is 0.600. The summed E-state index contributed by atoms with van der Waals surface area (Å²) in [6.07, 6.45) is 5.12. The Morgan fingerprint density at radius 1 is 1.43 bits per heavy atom. The molecule has 1 rings (SSSR count). The average Bonchev–Trinajstić information content (AvgIpc) is 2.19. The van der Waals surface area contributed by atoms with Crippen molar-refractivity contribution in [3.8, 4) is 0 Å². The van der Waals surface area contributed by atoms with E-state index in [1.165, 1.54) is 0 Å². The standard InChI is InChI=1S/C10H17N3O/c1-10(2,14-3)8-12-7-9-6-11-4-5-13-9/h4-6,12H,7-8H2,1-3H3. The van der Waals surface area contributed by atoms with E-state index in [1.807, 2.05) is 13.8 Å². The van der Waals surface area contributed by atoms with Crippen LogP contribution in [0.1, 0.15) is 19.5 Å². The van der Waals surface area contributed by atoms with Crippen molar-refractivity contribution < 1.29 is 4.74 Å². The molecular weight excluding hydrogens is 178 g/mol. The Hall–Kier alpha value is -1.00. The molecule has 0 aliphatic rings. The van der Waals surface area contributed by atoms with E-state index in [0.29, 0.717) is 0 Å². The first kappa shape index (κ1) is 11.1. The first-order valence-corrected chi connectivity index (χ1v) is 4.65. The maximum atomic E-state index is 5.28. The van der Waals surface area contributed by atoms with Crippen LogP contribution in [0.3, 0.4) is 0 Å². The van der Waals surface area contributed by atoms with E-state index in [2.05, 4.69) is 15.3 Å². The largest absolute Gasteiger partial charge is 0.377 e. The summed E-state index contributed by atoms with van der Waals surface area (Å²) in [5, 5.41) is 3.27. The van der Waals surface area contributed by atoms with Gasteiger partial charge in [-0.2, -0.15) is 0 Å². The zero-order chi connectivity index (χ0) is 10.4. The van der Waals surface area contributed by atoms with E-state index in [-0.39, 0.29) is 5.60 Å². The van der Waals surface area contributed by atoms with E-state index in [1.54, 1.807) is 25.7 Å². The highest BCUT2D eigenvalue weighted by Crippen LogP contribution is 2.04. The van der Waals surface area contributed by atoms with Crippen LogP contribution in [0.2, 0.25) is 0 Å². The number of hydrogen-bond donors (Lipinski definition) is 1. The number of ether oxygens (including phenoxy) is 1. The number of rotatable bonds is 5. The lowest BCUT2D eigenvalue weighted by molar-refractivity contribution is 0.0230. The fourth-order valence-corrected chi connectivity index (χ4v) is 0.985. The molecule has 0 saturated carbocycles. The molecule has 0 fully saturated rings. The van der Waals surface area contributed by atoms with Crippen molar-refractivity contribution >= 4 is 0 Å². The monoisotopic (exact) mass is 195 g/mol. The second-order valence-electron chi connectivity index (χ2n) is 3.76. The molecule has 1 heterocycles. The zero-order valence-corrected chi connectivity index (χ0v) is 8.95. The molecule has 0 aromatic carbocycles. The van der Waals surface area contributed by atoms with Crippen molar-refractivity contribution in [2.45, 2.75) is 26.0 Å². The van der Waals surface area contributed by atoms with E-state index < -0.39 is 0 Å². The van der Waals surface area contributed by atoms with Crippen molar-refractivity contribution in [2.75, 3.05) is 13.7 Å². The fourth-order valence-electron chi connectivity index (χ4n) is 0.985. The molecule has 4 heteroatoms. The van der Waals surface area contributed by atoms with Crippen LogP contribution in [0.5, 0.6) is 0 Å². The number of nitrogens with zero attached hydrogens (tertiary/aromatic N) is 2. The maximum Gasteiger partial charge on any atom is 0.0746 e. The van der Waals surface area contributed by atoms with Crippen LogP contribution in [-0.2, 0) is 11.3 Å². The SMILES string of the molecule is COC(C)(C)CNCc1cnccn1. The van der Waals surface area contributed by atoms with Gasteiger partial charge < -0.3 is 10.1 Å². The van der Waals surface area contributed by atoms with Gasteiger partial charge in [-0.1, -0.05) is 0 Å². The van der Waals surface area contributed by atoms with Gasteiger partial charge in [-0.3, -0.25) is 9.97 Å². The number of aromatic nitrogens is 2. The first-order valence-electron chi connectivity index (χ1n) is 4.65. The molecule has 1 N–H and O–H groups in total. The summed E-state index contributed by atoms with van der Waals surface area (Å²) in [5.41, 5.74) is 0.807. The lowest BCUT2D eigenvalue weighted by Crippen LogP contribution is -2.36. The minimum absolute atomic E-state index is 0.137. The quantitative estimate of drug-likeness (QED) is 0.761. The Kier molecular flexibility index (Phi) is 3.98. The van der Waals surface area contributed by atoms with Gasteiger partial charge in [-0.05, 0) is 13.8 Å². The highest BCUT2D eigenvalue weighted by Gasteiger charge is 2.14. The molecule has 1 aromatic heterocycles. The molecule has 0 spiro atoms. The minimum Gasteiger partial charge on any atom is -0.377 e. The molecule has 1 aromatic rings. The topological polar surface area (TPSA) is 47.0 Å². The summed E-state index contributed by atoms with van der Waals surface area (Å²) in [6.45, 7) is 5.59. The first-order chi connectivity index (χ1) is 6.64. The zero-order valence-electron chi connectivity index (χ0n) is 8.95. The minimum atomic E-state index is -0.137. The number of methoxy groups -OCH3 is 1. The summed E-state index contributed by atoms with van der Waals surface area (Å²) in [4.78, 5) is 8.14. The summed E-state index contributed by atoms with van der Waals surface area (Å²) >= 11 is 0. The normalized spacial score (nSPS) is 11.6. The van der Waals surface area contributed by atoms with Crippen molar-refractivity contribution in [3.63, 3.8) is 0 Å². The van der Waals surface area contributed by atoms with Crippen LogP contribution in [0, 0.1) is 0 Å². The van der Waals surface area contributed by atoms with Gasteiger partial charge in [-0.15, -0.1) is 0 Å². The molecule has 14 heavy (non-hydrogen) atoms. The van der Waals surface area contributed by atoms with Crippen LogP contribution >= 0.6 is 0 Å². The Bertz CT molecular complexity index is 261. The van der Waals surface area contributed by atoms with Gasteiger partial charge in [0.2, 0.25) is 0 Å². The second-order valence-corrected chi connectivity index (χ2v) is 3.76. The van der Waals surface area contributed by atoms with Crippen LogP contribution in [-0.4, -0.2) is 29.2 Å². The van der Waals surface area contributed by atoms with Crippen LogP contribution in [0.15, 0.2) is 18.6 Å². The van der Waals surface area contributed by atoms with Gasteiger partial charge in [0.05, 0.1) is 11.3 Å². The van der Waals surface area contributed by atoms with Gasteiger partial charge in [0, 0.05) is 38.8 Å². The predicted molar refractivity (Wildman–Crippen MR) is 54.8 cm³/mol. The Labute approximate surface area is 84.7 Å². The Morgan fingerprint density at radius 3 is 2.79 bits per heavy atom. The summed E-state index contributed by atoms with van der Waals surface area (Å²) in [6, 6.07) is 0. The van der Waals surface area contributed by atoms with Gasteiger partial charge in [0.15, 0.2) is 0 Å². The second kappa shape index (κ2) is 5.02. The molecule has 0 aliphatic heterocycles. The summed E-state index contributed by atoms with van der Waals surface area (Å²) < 4.78 is 5.28. The smallest absolute Gasteiger partial charge is 0.0746 e. The predicted octanol–water partition coefficient (Wildman–Crippen LogP) is 0.991. The van der Waals surface area contributed by atoms with Gasteiger partial charge in [-0.25, -0.2) is 0 Å². The number of hydrogen-bond acceptors (Lipinski definition) is 4. The van der Waals surface area contributed by atoms with Gasteiger partial charge >= 0.3 is 0 Å². The van der Waals surface area contributed by atoms with E-state index in [0.717, 1.165) is 18.8 Å². The van der Waals surface area contributed by atoms with Gasteiger partial charge in [0.1, 0.15) is 0 Å². The molecule has 0 unspecified atom stereocenters. The van der Waals surface area contributed by atoms with Crippen molar-refractivity contribution in [2.24, 2.45) is 0 Å². The molecule has 0 amide bonds. The van der Waals surface area contributed by atoms with Crippen LogP contribution in [0.25, 0.3) is 0 Å². The molecule has 0 saturated heterocycles. The maximum absolute atomic E-state index is 5.28. The molecule has 0 atom stereocenters. The molecular formula is C10H17N3O. The van der Waals surface area contributed by atoms with E-state index in [9.17, 15) is 0 Å². The lowest BCUT2D eigenvalue weighted by atomic mass is 10.1. The van der Waals surface area contributed by atoms with E-state index in [4.69, 9.17) is 4.74 Å². The average molecular weight is 195 g/mol. The van der Waals surface area contributed by atoms with Crippen LogP contribution in [0.4, 0.5) is 0 Å². The molecule has 0 bridgehead atoms. The lowest BCUT2D eigenvalue weighted by Gasteiger charge is -2.22. The summed E-state index contributed by atoms with van der Waals surface area (Å²) in [7, 11) is 1.71. The molecule has 4 nitrogen and oxygen atoms in total. The van der Waals surface area contributed by atoms with Crippen molar-refractivity contribution in [1.29, 1.82) is 0 Å². The highest BCUT2D eigenvalue weighted by molar-refractivity contribution is 4.93. The Morgan fingerprint density at radius 2 is 2.21 bits per heavy atom. The Balaban J connectivity index is 2.29. The highest BCUT2D eigenvalue weighted by atomic mass is 16.5. The van der Waals surface area contributed by atoms with Crippen molar-refractivity contribution in [3.05, 3.63) is 24.3 Å². The number of nitrogens with one attached hydrogen (secondary N) is 1. The summed E-state index contributed by atoms with van der Waals surface area (Å²) in [5.74, 6) is 0. The molecule has 0 radical (unpaired) electrons. The third-order valence-electron chi connectivity index (χ3n) is 2.03. The third-order valence-corrected chi connectivity index (χ3v) is 2.03. The van der Waals surface area contributed by atoms with Gasteiger partial charge in [0.25, 0.3) is 0 Å².